The Bertz CT molecular complexity index is 435. The second kappa shape index (κ2) is 6.20. The molecular weight excluding hydrogens is 237 g/mol. The molecule has 1 rings (SSSR count). The van der Waals surface area contributed by atoms with E-state index in [1.807, 2.05) is 13.8 Å². The highest BCUT2D eigenvalue weighted by Crippen LogP contribution is 2.24. The van der Waals surface area contributed by atoms with Crippen LogP contribution >= 0.6 is 0 Å². The van der Waals surface area contributed by atoms with Crippen molar-refractivity contribution in [3.63, 3.8) is 0 Å². The van der Waals surface area contributed by atoms with Gasteiger partial charge in [-0.25, -0.2) is 4.39 Å². The maximum absolute atomic E-state index is 13.8. The molecule has 18 heavy (non-hydrogen) atoms. The van der Waals surface area contributed by atoms with Crippen molar-refractivity contribution in [1.29, 1.82) is 0 Å². The van der Waals surface area contributed by atoms with Crippen molar-refractivity contribution >= 4 is 11.5 Å². The van der Waals surface area contributed by atoms with E-state index in [4.69, 9.17) is 16.0 Å². The van der Waals surface area contributed by atoms with Crippen molar-refractivity contribution in [3.05, 3.63) is 29.6 Å². The van der Waals surface area contributed by atoms with Gasteiger partial charge in [0.05, 0.1) is 17.9 Å². The predicted molar refractivity (Wildman–Crippen MR) is 68.5 cm³/mol. The van der Waals surface area contributed by atoms with Crippen LogP contribution in [-0.4, -0.2) is 35.3 Å². The minimum absolute atomic E-state index is 0.0437. The number of aliphatic hydroxyl groups is 1. The summed E-state index contributed by atoms with van der Waals surface area (Å²) >= 11 is 0. The molecule has 0 fully saturated rings. The van der Waals surface area contributed by atoms with Crippen molar-refractivity contribution in [3.8, 4) is 0 Å². The third-order valence-electron chi connectivity index (χ3n) is 2.63. The molecule has 0 bridgehead atoms. The average Bonchev–Trinajstić information content (AvgIpc) is 2.34. The lowest BCUT2D eigenvalue weighted by molar-refractivity contribution is 0.299. The Hall–Kier alpha value is -1.82. The molecule has 0 aliphatic carbocycles. The molecule has 0 heterocycles. The lowest BCUT2D eigenvalue weighted by Crippen LogP contribution is -2.35. The molecule has 0 saturated carbocycles. The van der Waals surface area contributed by atoms with Gasteiger partial charge >= 0.3 is 0 Å². The summed E-state index contributed by atoms with van der Waals surface area (Å²) in [5.74, 6) is -0.849. The van der Waals surface area contributed by atoms with Gasteiger partial charge in [-0.05, 0) is 26.0 Å². The van der Waals surface area contributed by atoms with E-state index in [2.05, 4.69) is 5.16 Å². The van der Waals surface area contributed by atoms with E-state index in [0.29, 0.717) is 12.2 Å². The molecule has 0 aliphatic heterocycles. The van der Waals surface area contributed by atoms with E-state index < -0.39 is 5.82 Å². The quantitative estimate of drug-likeness (QED) is 0.319. The van der Waals surface area contributed by atoms with Crippen LogP contribution in [0.1, 0.15) is 19.4 Å². The normalized spacial score (nSPS) is 11.9. The molecule has 0 aromatic heterocycles. The van der Waals surface area contributed by atoms with Gasteiger partial charge in [-0.3, -0.25) is 0 Å². The first-order valence-electron chi connectivity index (χ1n) is 5.66. The van der Waals surface area contributed by atoms with Gasteiger partial charge in [-0.2, -0.15) is 0 Å². The van der Waals surface area contributed by atoms with Gasteiger partial charge in [0.1, 0.15) is 5.82 Å². The molecule has 0 amide bonds. The molecule has 0 aliphatic rings. The van der Waals surface area contributed by atoms with Gasteiger partial charge in [0.2, 0.25) is 0 Å². The van der Waals surface area contributed by atoms with E-state index in [-0.39, 0.29) is 24.0 Å². The first-order valence-corrected chi connectivity index (χ1v) is 5.66. The zero-order valence-electron chi connectivity index (χ0n) is 10.5. The molecule has 0 unspecified atom stereocenters. The summed E-state index contributed by atoms with van der Waals surface area (Å²) in [5, 5.41) is 20.6. The second-order valence-corrected chi connectivity index (χ2v) is 4.13. The number of amidine groups is 1. The summed E-state index contributed by atoms with van der Waals surface area (Å²) in [5.41, 5.74) is 6.04. The minimum Gasteiger partial charge on any atom is -0.409 e. The standard InChI is InChI=1S/C12H18FN3O2/c1-8(2)16(6-7-17)10-5-3-4-9(13)11(10)12(14)15-18/h3-5,8,17-18H,6-7H2,1-2H3,(H2,14,15). The van der Waals surface area contributed by atoms with Crippen molar-refractivity contribution in [2.45, 2.75) is 19.9 Å². The average molecular weight is 255 g/mol. The van der Waals surface area contributed by atoms with Crippen LogP contribution in [0.3, 0.4) is 0 Å². The van der Waals surface area contributed by atoms with Gasteiger partial charge in [-0.1, -0.05) is 11.2 Å². The maximum atomic E-state index is 13.8. The minimum atomic E-state index is -0.564. The molecule has 1 aromatic carbocycles. The van der Waals surface area contributed by atoms with Crippen LogP contribution < -0.4 is 10.6 Å². The zero-order chi connectivity index (χ0) is 13.7. The van der Waals surface area contributed by atoms with Crippen molar-refractivity contribution in [2.75, 3.05) is 18.1 Å². The SMILES string of the molecule is CC(C)N(CCO)c1cccc(F)c1C(N)=NO. The Labute approximate surface area is 105 Å². The van der Waals surface area contributed by atoms with E-state index in [1.54, 1.807) is 17.0 Å². The van der Waals surface area contributed by atoms with Gasteiger partial charge in [0, 0.05) is 12.6 Å². The van der Waals surface area contributed by atoms with Gasteiger partial charge in [0.25, 0.3) is 0 Å². The van der Waals surface area contributed by atoms with Crippen LogP contribution in [0.5, 0.6) is 0 Å². The Morgan fingerprint density at radius 1 is 1.50 bits per heavy atom. The number of halogens is 1. The van der Waals surface area contributed by atoms with E-state index in [1.165, 1.54) is 6.07 Å². The van der Waals surface area contributed by atoms with Crippen molar-refractivity contribution in [2.24, 2.45) is 10.9 Å². The fraction of sp³-hybridized carbons (Fsp3) is 0.417. The fourth-order valence-corrected chi connectivity index (χ4v) is 1.82. The first kappa shape index (κ1) is 14.2. The molecule has 0 spiro atoms. The molecule has 6 heteroatoms. The van der Waals surface area contributed by atoms with Crippen LogP contribution in [0.25, 0.3) is 0 Å². The summed E-state index contributed by atoms with van der Waals surface area (Å²) in [7, 11) is 0. The first-order chi connectivity index (χ1) is 8.52. The van der Waals surface area contributed by atoms with Crippen LogP contribution in [0.2, 0.25) is 0 Å². The van der Waals surface area contributed by atoms with E-state index in [9.17, 15) is 4.39 Å². The third-order valence-corrected chi connectivity index (χ3v) is 2.63. The number of hydrogen-bond acceptors (Lipinski definition) is 4. The molecule has 0 radical (unpaired) electrons. The largest absolute Gasteiger partial charge is 0.409 e. The summed E-state index contributed by atoms with van der Waals surface area (Å²) in [6, 6.07) is 4.51. The number of benzene rings is 1. The highest BCUT2D eigenvalue weighted by atomic mass is 19.1. The fourth-order valence-electron chi connectivity index (χ4n) is 1.82. The lowest BCUT2D eigenvalue weighted by Gasteiger charge is -2.30. The number of rotatable bonds is 5. The number of aliphatic hydroxyl groups excluding tert-OH is 1. The summed E-state index contributed by atoms with van der Waals surface area (Å²) in [6.07, 6.45) is 0. The molecule has 1 aromatic rings. The molecular formula is C12H18FN3O2. The van der Waals surface area contributed by atoms with Crippen molar-refractivity contribution < 1.29 is 14.7 Å². The lowest BCUT2D eigenvalue weighted by atomic mass is 10.1. The predicted octanol–water partition coefficient (Wildman–Crippen LogP) is 1.13. The maximum Gasteiger partial charge on any atom is 0.175 e. The monoisotopic (exact) mass is 255 g/mol. The zero-order valence-corrected chi connectivity index (χ0v) is 10.5. The Kier molecular flexibility index (Phi) is 4.91. The number of nitrogens with zero attached hydrogens (tertiary/aromatic N) is 2. The molecule has 0 saturated heterocycles. The highest BCUT2D eigenvalue weighted by Gasteiger charge is 2.19. The highest BCUT2D eigenvalue weighted by molar-refractivity contribution is 6.02. The van der Waals surface area contributed by atoms with Crippen LogP contribution in [0, 0.1) is 5.82 Å². The van der Waals surface area contributed by atoms with Gasteiger partial charge in [0.15, 0.2) is 5.84 Å². The Morgan fingerprint density at radius 3 is 2.67 bits per heavy atom. The molecule has 5 nitrogen and oxygen atoms in total. The molecule has 0 atom stereocenters. The summed E-state index contributed by atoms with van der Waals surface area (Å²) in [6.45, 7) is 4.10. The van der Waals surface area contributed by atoms with Crippen molar-refractivity contribution in [1.82, 2.24) is 0 Å². The van der Waals surface area contributed by atoms with Crippen LogP contribution in [-0.2, 0) is 0 Å². The van der Waals surface area contributed by atoms with E-state index >= 15 is 0 Å². The van der Waals surface area contributed by atoms with Gasteiger partial charge < -0.3 is 20.9 Å². The topological polar surface area (TPSA) is 82.1 Å². The van der Waals surface area contributed by atoms with E-state index in [0.717, 1.165) is 0 Å². The number of anilines is 1. The summed E-state index contributed by atoms with van der Waals surface area (Å²) < 4.78 is 13.8. The van der Waals surface area contributed by atoms with Gasteiger partial charge in [-0.15, -0.1) is 0 Å². The number of nitrogens with two attached hydrogens (primary N) is 1. The smallest absolute Gasteiger partial charge is 0.175 e. The number of hydrogen-bond donors (Lipinski definition) is 3. The molecule has 4 N–H and O–H groups in total. The third kappa shape index (κ3) is 2.89. The van der Waals surface area contributed by atoms with Crippen LogP contribution in [0.15, 0.2) is 23.4 Å². The Balaban J connectivity index is 3.34. The Morgan fingerprint density at radius 2 is 2.17 bits per heavy atom. The van der Waals surface area contributed by atoms with Crippen LogP contribution in [0.4, 0.5) is 10.1 Å². The summed E-state index contributed by atoms with van der Waals surface area (Å²) in [4.78, 5) is 1.79. The molecule has 100 valence electrons. The second-order valence-electron chi connectivity index (χ2n) is 4.13. The number of oxime groups is 1.